The predicted octanol–water partition coefficient (Wildman–Crippen LogP) is 5.78. The van der Waals surface area contributed by atoms with E-state index in [1.165, 1.54) is 35.2 Å². The number of carbonyl (C=O) groups excluding carboxylic acids is 1. The van der Waals surface area contributed by atoms with E-state index in [-0.39, 0.29) is 11.5 Å². The average molecular weight is 475 g/mol. The highest BCUT2D eigenvalue weighted by Crippen LogP contribution is 2.42. The van der Waals surface area contributed by atoms with E-state index >= 15 is 0 Å². The highest BCUT2D eigenvalue weighted by atomic mass is 32.2. The van der Waals surface area contributed by atoms with Gasteiger partial charge in [0.05, 0.1) is 14.9 Å². The van der Waals surface area contributed by atoms with E-state index in [1.807, 2.05) is 42.6 Å². The summed E-state index contributed by atoms with van der Waals surface area (Å²) in [6.45, 7) is 2.55. The van der Waals surface area contributed by atoms with Crippen molar-refractivity contribution in [3.8, 4) is 0 Å². The molecule has 2 aromatic heterocycles. The number of para-hydroxylation sites is 1. The SMILES string of the molecule is Cc1c(/C=C2\SC(=N)[C@@H](c3nccs3)C2=O)c2ccccc2n1Cc1ccc([N+](=O)[O-])cc1. The second kappa shape index (κ2) is 8.42. The molecule has 0 spiro atoms. The van der Waals surface area contributed by atoms with Gasteiger partial charge >= 0.3 is 0 Å². The molecular weight excluding hydrogens is 456 g/mol. The van der Waals surface area contributed by atoms with Crippen LogP contribution in [0.2, 0.25) is 0 Å². The minimum Gasteiger partial charge on any atom is -0.340 e. The highest BCUT2D eigenvalue weighted by molar-refractivity contribution is 8.19. The van der Waals surface area contributed by atoms with Crippen LogP contribution in [0.3, 0.4) is 0 Å². The Kier molecular flexibility index (Phi) is 5.43. The summed E-state index contributed by atoms with van der Waals surface area (Å²) in [6, 6.07) is 14.5. The minimum atomic E-state index is -0.616. The second-order valence-corrected chi connectivity index (χ2v) is 9.68. The monoisotopic (exact) mass is 474 g/mol. The number of nitro groups is 1. The average Bonchev–Trinajstić information content (AvgIpc) is 3.49. The molecule has 1 aliphatic heterocycles. The number of allylic oxidation sites excluding steroid dienone is 1. The summed E-state index contributed by atoms with van der Waals surface area (Å²) in [4.78, 5) is 28.5. The zero-order valence-corrected chi connectivity index (χ0v) is 19.2. The van der Waals surface area contributed by atoms with Crippen molar-refractivity contribution in [2.75, 3.05) is 0 Å². The molecule has 1 aliphatic rings. The molecule has 1 saturated heterocycles. The topological polar surface area (TPSA) is 102 Å². The largest absolute Gasteiger partial charge is 0.340 e. The molecule has 0 bridgehead atoms. The summed E-state index contributed by atoms with van der Waals surface area (Å²) in [6.07, 6.45) is 3.54. The van der Waals surface area contributed by atoms with Gasteiger partial charge < -0.3 is 4.57 Å². The van der Waals surface area contributed by atoms with E-state index in [9.17, 15) is 14.9 Å². The van der Waals surface area contributed by atoms with Gasteiger partial charge in [0.2, 0.25) is 0 Å². The Morgan fingerprint density at radius 1 is 1.21 bits per heavy atom. The molecule has 0 saturated carbocycles. The molecule has 9 heteroatoms. The Balaban J connectivity index is 1.55. The number of hydrogen-bond donors (Lipinski definition) is 1. The van der Waals surface area contributed by atoms with Gasteiger partial charge in [-0.25, -0.2) is 4.98 Å². The van der Waals surface area contributed by atoms with Gasteiger partial charge in [-0.1, -0.05) is 42.1 Å². The summed E-state index contributed by atoms with van der Waals surface area (Å²) >= 11 is 2.59. The summed E-state index contributed by atoms with van der Waals surface area (Å²) in [5.41, 5.74) is 3.95. The number of hydrogen-bond acceptors (Lipinski definition) is 7. The number of nitrogens with one attached hydrogen (secondary N) is 1. The molecule has 7 nitrogen and oxygen atoms in total. The number of fused-ring (bicyclic) bond motifs is 1. The zero-order chi connectivity index (χ0) is 23.1. The lowest BCUT2D eigenvalue weighted by Gasteiger charge is -2.09. The van der Waals surface area contributed by atoms with Crippen LogP contribution in [-0.2, 0) is 11.3 Å². The van der Waals surface area contributed by atoms with Crippen LogP contribution in [0.25, 0.3) is 17.0 Å². The number of thioether (sulfide) groups is 1. The molecule has 0 radical (unpaired) electrons. The fourth-order valence-corrected chi connectivity index (χ4v) is 5.86. The molecule has 2 aromatic carbocycles. The smallest absolute Gasteiger partial charge is 0.269 e. The molecule has 3 heterocycles. The molecule has 1 N–H and O–H groups in total. The number of aromatic nitrogens is 2. The number of Topliss-reactive ketones (excluding diaryl/α,β-unsaturated/α-hetero) is 1. The van der Waals surface area contributed by atoms with Gasteiger partial charge in [0.1, 0.15) is 10.9 Å². The molecule has 0 aliphatic carbocycles. The van der Waals surface area contributed by atoms with Gasteiger partial charge in [0, 0.05) is 52.4 Å². The van der Waals surface area contributed by atoms with Gasteiger partial charge in [-0.3, -0.25) is 20.3 Å². The Hall–Kier alpha value is -3.56. The molecule has 4 aromatic rings. The van der Waals surface area contributed by atoms with E-state index in [4.69, 9.17) is 5.41 Å². The third-order valence-electron chi connectivity index (χ3n) is 5.73. The number of carbonyl (C=O) groups is 1. The lowest BCUT2D eigenvalue weighted by molar-refractivity contribution is -0.384. The van der Waals surface area contributed by atoms with Crippen LogP contribution >= 0.6 is 23.1 Å². The van der Waals surface area contributed by atoms with Crippen molar-refractivity contribution in [2.24, 2.45) is 0 Å². The second-order valence-electron chi connectivity index (χ2n) is 7.67. The van der Waals surface area contributed by atoms with Gasteiger partial charge in [-0.05, 0) is 24.6 Å². The Labute approximate surface area is 197 Å². The van der Waals surface area contributed by atoms with Gasteiger partial charge in [-0.15, -0.1) is 11.3 Å². The van der Waals surface area contributed by atoms with Crippen molar-refractivity contribution >= 4 is 56.6 Å². The summed E-state index contributed by atoms with van der Waals surface area (Å²) in [5.74, 6) is -0.707. The first-order chi connectivity index (χ1) is 15.9. The van der Waals surface area contributed by atoms with Crippen LogP contribution < -0.4 is 0 Å². The van der Waals surface area contributed by atoms with Crippen molar-refractivity contribution in [2.45, 2.75) is 19.4 Å². The van der Waals surface area contributed by atoms with Gasteiger partial charge in [-0.2, -0.15) is 0 Å². The number of non-ortho nitro benzene ring substituents is 1. The van der Waals surface area contributed by atoms with Gasteiger partial charge in [0.15, 0.2) is 5.78 Å². The summed E-state index contributed by atoms with van der Waals surface area (Å²) < 4.78 is 2.15. The Morgan fingerprint density at radius 2 is 1.97 bits per heavy atom. The van der Waals surface area contributed by atoms with Crippen LogP contribution in [0.15, 0.2) is 65.0 Å². The van der Waals surface area contributed by atoms with Crippen molar-refractivity contribution in [3.63, 3.8) is 0 Å². The third kappa shape index (κ3) is 3.79. The molecular formula is C24H18N4O3S2. The van der Waals surface area contributed by atoms with E-state index in [1.54, 1.807) is 18.3 Å². The molecule has 5 rings (SSSR count). The van der Waals surface area contributed by atoms with Crippen LogP contribution in [0.4, 0.5) is 5.69 Å². The third-order valence-corrected chi connectivity index (χ3v) is 7.56. The van der Waals surface area contributed by atoms with Crippen LogP contribution in [0.1, 0.15) is 27.7 Å². The van der Waals surface area contributed by atoms with E-state index in [2.05, 4.69) is 9.55 Å². The quantitative estimate of drug-likeness (QED) is 0.224. The van der Waals surface area contributed by atoms with Crippen molar-refractivity contribution in [1.29, 1.82) is 5.41 Å². The normalized spacial score (nSPS) is 17.4. The number of benzene rings is 2. The molecule has 1 fully saturated rings. The molecule has 164 valence electrons. The van der Waals surface area contributed by atoms with Crippen molar-refractivity contribution in [3.05, 3.63) is 97.0 Å². The summed E-state index contributed by atoms with van der Waals surface area (Å²) in [7, 11) is 0. The van der Waals surface area contributed by atoms with Crippen molar-refractivity contribution < 1.29 is 9.72 Å². The Bertz CT molecular complexity index is 1440. The lowest BCUT2D eigenvalue weighted by atomic mass is 10.0. The lowest BCUT2D eigenvalue weighted by Crippen LogP contribution is -2.11. The van der Waals surface area contributed by atoms with Crippen LogP contribution in [0.5, 0.6) is 0 Å². The number of ketones is 1. The fourth-order valence-electron chi connectivity index (χ4n) is 4.07. The van der Waals surface area contributed by atoms with Crippen LogP contribution in [0, 0.1) is 22.4 Å². The Morgan fingerprint density at radius 3 is 2.67 bits per heavy atom. The fraction of sp³-hybridized carbons (Fsp3) is 0.125. The zero-order valence-electron chi connectivity index (χ0n) is 17.5. The first kappa shape index (κ1) is 21.3. The van der Waals surface area contributed by atoms with E-state index in [0.717, 1.165) is 27.7 Å². The number of nitro benzene ring substituents is 1. The van der Waals surface area contributed by atoms with E-state index in [0.29, 0.717) is 21.5 Å². The molecule has 0 unspecified atom stereocenters. The number of thiazole rings is 1. The molecule has 1 atom stereocenters. The maximum Gasteiger partial charge on any atom is 0.269 e. The summed E-state index contributed by atoms with van der Waals surface area (Å²) in [5, 5.41) is 23.1. The maximum absolute atomic E-state index is 13.1. The maximum atomic E-state index is 13.1. The highest BCUT2D eigenvalue weighted by Gasteiger charge is 2.38. The number of nitrogens with zero attached hydrogens (tertiary/aromatic N) is 3. The molecule has 33 heavy (non-hydrogen) atoms. The minimum absolute atomic E-state index is 0.0623. The van der Waals surface area contributed by atoms with Crippen LogP contribution in [-0.4, -0.2) is 25.3 Å². The first-order valence-electron chi connectivity index (χ1n) is 10.2. The predicted molar refractivity (Wildman–Crippen MR) is 132 cm³/mol. The van der Waals surface area contributed by atoms with Crippen molar-refractivity contribution in [1.82, 2.24) is 9.55 Å². The standard InChI is InChI=1S/C24H18N4O3S2/c1-14-18(12-20-22(29)21(23(25)33-20)24-26-10-11-32-24)17-4-2-3-5-19(17)27(14)13-15-6-8-16(9-7-15)28(30)31/h2-12,21,25H,13H2,1H3/b20-12-,25-23?/t21-/m0/s1. The number of rotatable bonds is 5. The van der Waals surface area contributed by atoms with E-state index < -0.39 is 10.8 Å². The van der Waals surface area contributed by atoms with Gasteiger partial charge in [0.25, 0.3) is 5.69 Å². The molecule has 0 amide bonds. The first-order valence-corrected chi connectivity index (χ1v) is 11.9.